The average Bonchev–Trinajstić information content (AvgIpc) is 3.40. The molecule has 1 amide bonds. The van der Waals surface area contributed by atoms with Crippen LogP contribution in [0.5, 0.6) is 17.2 Å². The Labute approximate surface area is 134 Å². The number of carbonyl (C=O) groups is 1. The van der Waals surface area contributed by atoms with E-state index >= 15 is 0 Å². The number of amides is 1. The van der Waals surface area contributed by atoms with Gasteiger partial charge in [-0.05, 0) is 55.5 Å². The van der Waals surface area contributed by atoms with Gasteiger partial charge in [-0.15, -0.1) is 0 Å². The Kier molecular flexibility index (Phi) is 3.61. The van der Waals surface area contributed by atoms with Crippen molar-refractivity contribution >= 4 is 11.7 Å². The topological polar surface area (TPSA) is 60.5 Å². The third-order valence-electron chi connectivity index (χ3n) is 4.05. The molecule has 4 rings (SSSR count). The summed E-state index contributed by atoms with van der Waals surface area (Å²) in [5.41, 5.74) is 1.17. The van der Waals surface area contributed by atoms with Crippen molar-refractivity contribution in [2.24, 2.45) is 5.92 Å². The van der Waals surface area contributed by atoms with E-state index in [2.05, 4.69) is 10.3 Å². The standard InChI is InChI=1S/C18H18N2O3/c21-18(12-3-4-12)20-17-11-15(7-8-19-17)23-14-5-6-16-13(10-14)2-1-9-22-16/h5-8,10-12H,1-4,9H2,(H,19,20,21). The van der Waals surface area contributed by atoms with Crippen LogP contribution < -0.4 is 14.8 Å². The van der Waals surface area contributed by atoms with E-state index in [1.54, 1.807) is 18.3 Å². The van der Waals surface area contributed by atoms with Crippen LogP contribution in [0.15, 0.2) is 36.5 Å². The molecule has 1 aliphatic heterocycles. The van der Waals surface area contributed by atoms with E-state index in [1.165, 1.54) is 5.56 Å². The monoisotopic (exact) mass is 310 g/mol. The third kappa shape index (κ3) is 3.28. The highest BCUT2D eigenvalue weighted by Gasteiger charge is 2.29. The molecule has 0 spiro atoms. The highest BCUT2D eigenvalue weighted by molar-refractivity contribution is 5.93. The summed E-state index contributed by atoms with van der Waals surface area (Å²) >= 11 is 0. The van der Waals surface area contributed by atoms with Crippen molar-refractivity contribution in [3.05, 3.63) is 42.1 Å². The second-order valence-corrected chi connectivity index (χ2v) is 5.96. The Morgan fingerprint density at radius 2 is 2.09 bits per heavy atom. The lowest BCUT2D eigenvalue weighted by molar-refractivity contribution is -0.117. The third-order valence-corrected chi connectivity index (χ3v) is 4.05. The van der Waals surface area contributed by atoms with Crippen LogP contribution in [-0.4, -0.2) is 17.5 Å². The SMILES string of the molecule is O=C(Nc1cc(Oc2ccc3c(c2)CCCO3)ccn1)C1CC1. The van der Waals surface area contributed by atoms with E-state index in [-0.39, 0.29) is 11.8 Å². The van der Waals surface area contributed by atoms with Crippen molar-refractivity contribution in [3.8, 4) is 17.2 Å². The second kappa shape index (κ2) is 5.91. The summed E-state index contributed by atoms with van der Waals surface area (Å²) in [4.78, 5) is 16.0. The van der Waals surface area contributed by atoms with E-state index < -0.39 is 0 Å². The number of rotatable bonds is 4. The molecule has 5 nitrogen and oxygen atoms in total. The molecule has 0 radical (unpaired) electrons. The molecular formula is C18H18N2O3. The molecule has 0 atom stereocenters. The largest absolute Gasteiger partial charge is 0.493 e. The van der Waals surface area contributed by atoms with Gasteiger partial charge in [0.05, 0.1) is 6.61 Å². The Bertz CT molecular complexity index is 741. The normalized spacial score (nSPS) is 16.2. The fourth-order valence-corrected chi connectivity index (χ4v) is 2.65. The minimum Gasteiger partial charge on any atom is -0.493 e. The van der Waals surface area contributed by atoms with Crippen LogP contribution in [0.25, 0.3) is 0 Å². The van der Waals surface area contributed by atoms with Crippen molar-refractivity contribution in [1.82, 2.24) is 4.98 Å². The first kappa shape index (κ1) is 14.1. The molecule has 1 fully saturated rings. The molecule has 0 saturated heterocycles. The van der Waals surface area contributed by atoms with Crippen LogP contribution in [0.1, 0.15) is 24.8 Å². The molecule has 1 aromatic carbocycles. The number of benzene rings is 1. The molecule has 2 aliphatic rings. The lowest BCUT2D eigenvalue weighted by Crippen LogP contribution is -2.14. The van der Waals surface area contributed by atoms with Crippen molar-refractivity contribution in [1.29, 1.82) is 0 Å². The number of aromatic nitrogens is 1. The summed E-state index contributed by atoms with van der Waals surface area (Å²) in [6, 6.07) is 9.38. The molecule has 1 aliphatic carbocycles. The lowest BCUT2D eigenvalue weighted by Gasteiger charge is -2.18. The number of carbonyl (C=O) groups excluding carboxylic acids is 1. The van der Waals surface area contributed by atoms with Crippen LogP contribution in [0.3, 0.4) is 0 Å². The molecular weight excluding hydrogens is 292 g/mol. The van der Waals surface area contributed by atoms with Gasteiger partial charge < -0.3 is 14.8 Å². The number of aryl methyl sites for hydroxylation is 1. The highest BCUT2D eigenvalue weighted by atomic mass is 16.5. The van der Waals surface area contributed by atoms with Gasteiger partial charge in [0.2, 0.25) is 5.91 Å². The number of anilines is 1. The van der Waals surface area contributed by atoms with Gasteiger partial charge in [-0.3, -0.25) is 4.79 Å². The fraction of sp³-hybridized carbons (Fsp3) is 0.333. The van der Waals surface area contributed by atoms with Gasteiger partial charge in [-0.1, -0.05) is 0 Å². The van der Waals surface area contributed by atoms with Crippen molar-refractivity contribution in [2.75, 3.05) is 11.9 Å². The number of hydrogen-bond donors (Lipinski definition) is 1. The quantitative estimate of drug-likeness (QED) is 0.938. The van der Waals surface area contributed by atoms with E-state index in [0.717, 1.165) is 43.8 Å². The molecule has 23 heavy (non-hydrogen) atoms. The maximum atomic E-state index is 11.8. The van der Waals surface area contributed by atoms with Gasteiger partial charge >= 0.3 is 0 Å². The minimum absolute atomic E-state index is 0.0422. The van der Waals surface area contributed by atoms with E-state index in [0.29, 0.717) is 11.6 Å². The van der Waals surface area contributed by atoms with Gasteiger partial charge in [0.1, 0.15) is 23.1 Å². The van der Waals surface area contributed by atoms with Crippen LogP contribution in [0, 0.1) is 5.92 Å². The van der Waals surface area contributed by atoms with Crippen LogP contribution in [0.2, 0.25) is 0 Å². The Morgan fingerprint density at radius 1 is 1.22 bits per heavy atom. The number of ether oxygens (including phenoxy) is 2. The maximum Gasteiger partial charge on any atom is 0.228 e. The van der Waals surface area contributed by atoms with Crippen LogP contribution >= 0.6 is 0 Å². The van der Waals surface area contributed by atoms with Gasteiger partial charge in [0, 0.05) is 18.2 Å². The zero-order chi connectivity index (χ0) is 15.6. The Morgan fingerprint density at radius 3 is 2.96 bits per heavy atom. The molecule has 0 unspecified atom stereocenters. The van der Waals surface area contributed by atoms with Crippen molar-refractivity contribution < 1.29 is 14.3 Å². The van der Waals surface area contributed by atoms with Crippen molar-refractivity contribution in [2.45, 2.75) is 25.7 Å². The molecule has 2 aromatic rings. The number of nitrogens with zero attached hydrogens (tertiary/aromatic N) is 1. The number of hydrogen-bond acceptors (Lipinski definition) is 4. The Balaban J connectivity index is 1.48. The van der Waals surface area contributed by atoms with E-state index in [9.17, 15) is 4.79 Å². The van der Waals surface area contributed by atoms with Gasteiger partial charge in [0.25, 0.3) is 0 Å². The summed E-state index contributed by atoms with van der Waals surface area (Å²) in [7, 11) is 0. The van der Waals surface area contributed by atoms with Gasteiger partial charge in [-0.2, -0.15) is 0 Å². The molecule has 118 valence electrons. The summed E-state index contributed by atoms with van der Waals surface area (Å²) in [6.45, 7) is 0.779. The molecule has 1 aromatic heterocycles. The summed E-state index contributed by atoms with van der Waals surface area (Å²) in [6.07, 6.45) is 5.62. The summed E-state index contributed by atoms with van der Waals surface area (Å²) in [5.74, 6) is 3.08. The second-order valence-electron chi connectivity index (χ2n) is 5.96. The molecule has 1 N–H and O–H groups in total. The number of nitrogens with one attached hydrogen (secondary N) is 1. The Hall–Kier alpha value is -2.56. The molecule has 0 bridgehead atoms. The molecule has 1 saturated carbocycles. The maximum absolute atomic E-state index is 11.8. The first-order valence-corrected chi connectivity index (χ1v) is 7.98. The lowest BCUT2D eigenvalue weighted by atomic mass is 10.1. The predicted octanol–water partition coefficient (Wildman–Crippen LogP) is 3.55. The minimum atomic E-state index is 0.0422. The van der Waals surface area contributed by atoms with Gasteiger partial charge in [-0.25, -0.2) is 4.98 Å². The van der Waals surface area contributed by atoms with E-state index in [4.69, 9.17) is 9.47 Å². The van der Waals surface area contributed by atoms with Crippen LogP contribution in [-0.2, 0) is 11.2 Å². The fourth-order valence-electron chi connectivity index (χ4n) is 2.65. The number of pyridine rings is 1. The van der Waals surface area contributed by atoms with Crippen LogP contribution in [0.4, 0.5) is 5.82 Å². The summed E-state index contributed by atoms with van der Waals surface area (Å²) in [5, 5.41) is 2.83. The smallest absolute Gasteiger partial charge is 0.228 e. The first-order valence-electron chi connectivity index (χ1n) is 7.98. The average molecular weight is 310 g/mol. The zero-order valence-corrected chi connectivity index (χ0v) is 12.7. The van der Waals surface area contributed by atoms with E-state index in [1.807, 2.05) is 18.2 Å². The molecule has 2 heterocycles. The highest BCUT2D eigenvalue weighted by Crippen LogP contribution is 2.32. The first-order chi connectivity index (χ1) is 11.3. The van der Waals surface area contributed by atoms with Crippen molar-refractivity contribution in [3.63, 3.8) is 0 Å². The zero-order valence-electron chi connectivity index (χ0n) is 12.7. The van der Waals surface area contributed by atoms with Gasteiger partial charge in [0.15, 0.2) is 0 Å². The molecule has 5 heteroatoms. The summed E-state index contributed by atoms with van der Waals surface area (Å²) < 4.78 is 11.5. The predicted molar refractivity (Wildman–Crippen MR) is 85.9 cm³/mol. The number of fused-ring (bicyclic) bond motifs is 1.